The van der Waals surface area contributed by atoms with Crippen molar-refractivity contribution in [2.45, 2.75) is 25.9 Å². The molecule has 5 rings (SSSR count). The molecule has 2 aromatic carbocycles. The van der Waals surface area contributed by atoms with Crippen molar-refractivity contribution in [3.05, 3.63) is 83.6 Å². The van der Waals surface area contributed by atoms with Crippen molar-refractivity contribution in [2.75, 3.05) is 22.6 Å². The van der Waals surface area contributed by atoms with Crippen LogP contribution in [-0.4, -0.2) is 55.4 Å². The number of nitrogens with zero attached hydrogens (tertiary/aromatic N) is 6. The first-order chi connectivity index (χ1) is 21.7. The number of rotatable bonds is 7. The highest BCUT2D eigenvalue weighted by atomic mass is 32.2. The number of amides is 3. The molecule has 2 aromatic heterocycles. The number of urea groups is 1. The third-order valence-corrected chi connectivity index (χ3v) is 7.16. The van der Waals surface area contributed by atoms with E-state index in [4.69, 9.17) is 4.74 Å². The maximum Gasteiger partial charge on any atom is 0.417 e. The number of alkyl halides is 6. The monoisotopic (exact) mass is 667 g/mol. The molecule has 3 amide bonds. The highest BCUT2D eigenvalue weighted by Gasteiger charge is 2.33. The summed E-state index contributed by atoms with van der Waals surface area (Å²) >= 11 is 0.913. The molecule has 18 heteroatoms. The smallest absolute Gasteiger partial charge is 0.367 e. The fourth-order valence-corrected chi connectivity index (χ4v) is 5.00. The molecule has 0 bridgehead atoms. The van der Waals surface area contributed by atoms with E-state index in [9.17, 15) is 40.3 Å². The highest BCUT2D eigenvalue weighted by Crippen LogP contribution is 2.32. The van der Waals surface area contributed by atoms with Gasteiger partial charge in [0.05, 0.1) is 29.3 Å². The molecule has 0 saturated carbocycles. The van der Waals surface area contributed by atoms with E-state index in [2.05, 4.69) is 25.4 Å². The number of aliphatic imine (C=N–C) groups is 1. The summed E-state index contributed by atoms with van der Waals surface area (Å²) in [4.78, 5) is 38.3. The van der Waals surface area contributed by atoms with Crippen molar-refractivity contribution in [3.8, 4) is 17.2 Å². The zero-order valence-corrected chi connectivity index (χ0v) is 24.2. The summed E-state index contributed by atoms with van der Waals surface area (Å²) in [7, 11) is 0. The van der Waals surface area contributed by atoms with Crippen LogP contribution in [0.15, 0.2) is 66.0 Å². The Labute approximate surface area is 259 Å². The lowest BCUT2D eigenvalue weighted by Crippen LogP contribution is -2.31. The van der Waals surface area contributed by atoms with Crippen molar-refractivity contribution in [3.63, 3.8) is 0 Å². The van der Waals surface area contributed by atoms with Crippen molar-refractivity contribution >= 4 is 40.2 Å². The molecular weight excluding hydrogens is 647 g/mol. The van der Waals surface area contributed by atoms with Crippen LogP contribution in [0.2, 0.25) is 0 Å². The van der Waals surface area contributed by atoms with E-state index in [1.165, 1.54) is 24.5 Å². The van der Waals surface area contributed by atoms with Gasteiger partial charge in [-0.25, -0.2) is 23.8 Å². The van der Waals surface area contributed by atoms with Gasteiger partial charge in [0, 0.05) is 17.3 Å². The zero-order valence-electron chi connectivity index (χ0n) is 23.4. The first-order valence-electron chi connectivity index (χ1n) is 13.0. The lowest BCUT2D eigenvalue weighted by atomic mass is 10.1. The van der Waals surface area contributed by atoms with E-state index < -0.39 is 48.9 Å². The van der Waals surface area contributed by atoms with Crippen LogP contribution in [-0.2, 0) is 22.3 Å². The summed E-state index contributed by atoms with van der Waals surface area (Å²) < 4.78 is 97.0. The van der Waals surface area contributed by atoms with Gasteiger partial charge in [0.25, 0.3) is 0 Å². The van der Waals surface area contributed by atoms with E-state index in [0.29, 0.717) is 11.8 Å². The van der Waals surface area contributed by atoms with Gasteiger partial charge in [0.2, 0.25) is 5.91 Å². The molecule has 1 aliphatic heterocycles. The molecule has 0 atom stereocenters. The Kier molecular flexibility index (Phi) is 9.11. The average molecular weight is 668 g/mol. The number of carbonyl (C=O) groups is 2. The molecule has 1 fully saturated rings. The third kappa shape index (κ3) is 7.68. The molecule has 1 aliphatic rings. The fourth-order valence-electron chi connectivity index (χ4n) is 4.14. The number of nitrogens with one attached hydrogen (secondary N) is 1. The number of benzene rings is 2. The third-order valence-electron chi connectivity index (χ3n) is 6.24. The topological polar surface area (TPSA) is 115 Å². The van der Waals surface area contributed by atoms with Crippen molar-refractivity contribution in [1.29, 1.82) is 0 Å². The molecule has 3 heterocycles. The largest absolute Gasteiger partial charge is 0.417 e. The van der Waals surface area contributed by atoms with Gasteiger partial charge in [-0.15, -0.1) is 5.10 Å². The molecule has 1 N–H and O–H groups in total. The molecule has 240 valence electrons. The molecule has 0 radical (unpaired) electrons. The van der Waals surface area contributed by atoms with Gasteiger partial charge in [-0.3, -0.25) is 9.69 Å². The summed E-state index contributed by atoms with van der Waals surface area (Å²) in [6, 6.07) is 9.18. The number of aryl methyl sites for hydroxylation is 1. The van der Waals surface area contributed by atoms with Gasteiger partial charge in [0.1, 0.15) is 18.8 Å². The van der Waals surface area contributed by atoms with Gasteiger partial charge >= 0.3 is 18.4 Å². The number of pyridine rings is 1. The van der Waals surface area contributed by atoms with Crippen molar-refractivity contribution < 1.29 is 45.1 Å². The Balaban J connectivity index is 1.30. The van der Waals surface area contributed by atoms with Crippen LogP contribution >= 0.6 is 11.8 Å². The van der Waals surface area contributed by atoms with Gasteiger partial charge in [-0.05, 0) is 48.9 Å². The minimum atomic E-state index is -4.56. The van der Waals surface area contributed by atoms with Gasteiger partial charge < -0.3 is 10.1 Å². The fraction of sp³-hybridized carbons (Fsp3) is 0.214. The van der Waals surface area contributed by atoms with Gasteiger partial charge in [0.15, 0.2) is 16.8 Å². The molecule has 46 heavy (non-hydrogen) atoms. The van der Waals surface area contributed by atoms with Gasteiger partial charge in [-0.1, -0.05) is 23.9 Å². The number of carbonyl (C=O) groups excluding carboxylic acids is 2. The zero-order chi connectivity index (χ0) is 33.2. The van der Waals surface area contributed by atoms with Crippen LogP contribution in [0, 0.1) is 12.7 Å². The van der Waals surface area contributed by atoms with Crippen LogP contribution in [0.1, 0.15) is 16.7 Å². The summed E-state index contributed by atoms with van der Waals surface area (Å²) in [5.74, 6) is -1.42. The Morgan fingerprint density at radius 1 is 1.07 bits per heavy atom. The lowest BCUT2D eigenvalue weighted by Gasteiger charge is -2.21. The first kappa shape index (κ1) is 32.6. The first-order valence-corrected chi connectivity index (χ1v) is 14.0. The summed E-state index contributed by atoms with van der Waals surface area (Å²) in [6.45, 7) is -0.251. The highest BCUT2D eigenvalue weighted by molar-refractivity contribution is 8.15. The maximum atomic E-state index is 15.0. The van der Waals surface area contributed by atoms with Crippen molar-refractivity contribution in [2.24, 2.45) is 4.99 Å². The lowest BCUT2D eigenvalue weighted by molar-refractivity contribution is -0.176. The number of hydrogen-bond donors (Lipinski definition) is 1. The SMILES string of the molecule is Cc1ccc(COCC(F)(F)F)c(N2C(=O)CS/C2=N\C(=O)Nc2ccc(-c3ncn(-c4ccc(C(F)(F)F)cn4)n3)cc2F)c1. The predicted molar refractivity (Wildman–Crippen MR) is 153 cm³/mol. The number of ether oxygens (including phenoxy) is 1. The van der Waals surface area contributed by atoms with Crippen molar-refractivity contribution in [1.82, 2.24) is 19.7 Å². The molecule has 1 saturated heterocycles. The van der Waals surface area contributed by atoms with E-state index >= 15 is 0 Å². The van der Waals surface area contributed by atoms with Crippen LogP contribution in [0.25, 0.3) is 17.2 Å². The Hall–Kier alpha value is -4.84. The summed E-state index contributed by atoms with van der Waals surface area (Å²) in [5, 5.41) is 6.31. The Morgan fingerprint density at radius 2 is 1.85 bits per heavy atom. The summed E-state index contributed by atoms with van der Waals surface area (Å²) in [5.41, 5.74) is 0.0834. The van der Waals surface area contributed by atoms with E-state index in [1.807, 2.05) is 0 Å². The van der Waals surface area contributed by atoms with Crippen LogP contribution < -0.4 is 10.2 Å². The molecule has 0 aliphatic carbocycles. The standard InChI is InChI=1S/C28H20F7N7O3S/c1-15-2-3-17(11-45-13-27(30,31)32)21(8-15)42-23(43)12-46-26(42)39-25(44)38-20-6-4-16(9-19(20)29)24-37-14-41(40-24)22-7-5-18(10-36-22)28(33,34)35/h2-10,14H,11-13H2,1H3,(H,38,44)/b39-26-. The minimum Gasteiger partial charge on any atom is -0.367 e. The van der Waals surface area contributed by atoms with E-state index in [0.717, 1.165) is 39.5 Å². The minimum absolute atomic E-state index is 0.0170. The van der Waals surface area contributed by atoms with Gasteiger partial charge in [-0.2, -0.15) is 31.3 Å². The molecule has 0 spiro atoms. The molecule has 0 unspecified atom stereocenters. The number of anilines is 2. The number of halogens is 7. The van der Waals surface area contributed by atoms with Crippen LogP contribution in [0.4, 0.5) is 46.9 Å². The van der Waals surface area contributed by atoms with E-state index in [-0.39, 0.29) is 45.1 Å². The molecule has 4 aromatic rings. The Morgan fingerprint density at radius 3 is 2.52 bits per heavy atom. The molecular formula is C28H20F7N7O3S. The van der Waals surface area contributed by atoms with E-state index in [1.54, 1.807) is 19.1 Å². The normalized spacial score (nSPS) is 14.7. The quantitative estimate of drug-likeness (QED) is 0.223. The van der Waals surface area contributed by atoms with Crippen LogP contribution in [0.5, 0.6) is 0 Å². The summed E-state index contributed by atoms with van der Waals surface area (Å²) in [6.07, 6.45) is -7.28. The second kappa shape index (κ2) is 12.9. The number of amidine groups is 1. The second-order valence-electron chi connectivity index (χ2n) is 9.69. The number of hydrogen-bond acceptors (Lipinski definition) is 7. The maximum absolute atomic E-state index is 15.0. The molecule has 10 nitrogen and oxygen atoms in total. The average Bonchev–Trinajstić information content (AvgIpc) is 3.61. The van der Waals surface area contributed by atoms with Crippen LogP contribution in [0.3, 0.4) is 0 Å². The predicted octanol–water partition coefficient (Wildman–Crippen LogP) is 6.54. The number of thioether (sulfide) groups is 1. The number of aromatic nitrogens is 4. The second-order valence-corrected chi connectivity index (χ2v) is 10.6. The Bertz CT molecular complexity index is 1810.